The molecule has 2 atom stereocenters. The summed E-state index contributed by atoms with van der Waals surface area (Å²) < 4.78 is 5.26. The normalized spacial score (nSPS) is 24.4. The largest absolute Gasteiger partial charge is 0.491 e. The van der Waals surface area contributed by atoms with Crippen LogP contribution in [0.15, 0.2) is 37.1 Å². The van der Waals surface area contributed by atoms with Crippen LogP contribution in [-0.4, -0.2) is 11.9 Å². The molecule has 90 valence electrons. The Balaban J connectivity index is 2.24. The van der Waals surface area contributed by atoms with Crippen LogP contribution in [0.2, 0.25) is 5.02 Å². The van der Waals surface area contributed by atoms with Crippen molar-refractivity contribution < 1.29 is 9.53 Å². The van der Waals surface area contributed by atoms with E-state index in [1.54, 1.807) is 0 Å². The summed E-state index contributed by atoms with van der Waals surface area (Å²) in [5.41, 5.74) is 0.913. The third-order valence-electron chi connectivity index (χ3n) is 3.16. The Morgan fingerprint density at radius 2 is 2.12 bits per heavy atom. The minimum absolute atomic E-state index is 0.115. The molecule has 0 heterocycles. The second-order valence-corrected chi connectivity index (χ2v) is 4.61. The molecule has 0 aliphatic heterocycles. The van der Waals surface area contributed by atoms with Crippen LogP contribution in [0.25, 0.3) is 0 Å². The van der Waals surface area contributed by atoms with Gasteiger partial charge in [0.15, 0.2) is 11.9 Å². The molecule has 0 spiro atoms. The van der Waals surface area contributed by atoms with E-state index in [0.717, 1.165) is 24.8 Å². The van der Waals surface area contributed by atoms with Crippen molar-refractivity contribution in [3.8, 4) is 0 Å². The van der Waals surface area contributed by atoms with E-state index in [-0.39, 0.29) is 17.8 Å². The molecule has 1 aromatic rings. The predicted octanol–water partition coefficient (Wildman–Crippen LogP) is 3.71. The molecule has 3 heteroatoms. The van der Waals surface area contributed by atoms with E-state index >= 15 is 0 Å². The number of hydrogen-bond donors (Lipinski definition) is 0. The van der Waals surface area contributed by atoms with Gasteiger partial charge in [-0.25, -0.2) is 0 Å². The molecule has 1 saturated carbocycles. The fraction of sp³-hybridized carbons (Fsp3) is 0.357. The number of Topliss-reactive ketones (excluding diaryl/α,β-unsaturated/α-hetero) is 1. The summed E-state index contributed by atoms with van der Waals surface area (Å²) >= 11 is 6.13. The minimum Gasteiger partial charge on any atom is -0.491 e. The van der Waals surface area contributed by atoms with E-state index < -0.39 is 0 Å². The van der Waals surface area contributed by atoms with Gasteiger partial charge in [-0.3, -0.25) is 4.79 Å². The van der Waals surface area contributed by atoms with E-state index in [4.69, 9.17) is 16.3 Å². The smallest absolute Gasteiger partial charge is 0.180 e. The van der Waals surface area contributed by atoms with Crippen molar-refractivity contribution in [2.75, 3.05) is 0 Å². The highest BCUT2D eigenvalue weighted by Crippen LogP contribution is 2.34. The number of ketones is 1. The predicted molar refractivity (Wildman–Crippen MR) is 68.1 cm³/mol. The number of benzene rings is 1. The van der Waals surface area contributed by atoms with Crippen LogP contribution < -0.4 is 0 Å². The summed E-state index contributed by atoms with van der Waals surface area (Å²) in [7, 11) is 0. The molecule has 1 aliphatic carbocycles. The average Bonchev–Trinajstić information content (AvgIpc) is 2.33. The van der Waals surface area contributed by atoms with E-state index in [0.29, 0.717) is 5.02 Å². The molecule has 0 saturated heterocycles. The van der Waals surface area contributed by atoms with Gasteiger partial charge in [-0.2, -0.15) is 0 Å². The molecule has 0 aromatic heterocycles. The van der Waals surface area contributed by atoms with Gasteiger partial charge >= 0.3 is 0 Å². The van der Waals surface area contributed by atoms with Gasteiger partial charge < -0.3 is 4.74 Å². The highest BCUT2D eigenvalue weighted by Gasteiger charge is 2.33. The van der Waals surface area contributed by atoms with Crippen LogP contribution in [0.5, 0.6) is 0 Å². The van der Waals surface area contributed by atoms with Crippen LogP contribution in [-0.2, 0) is 9.53 Å². The first-order valence-electron chi connectivity index (χ1n) is 5.78. The van der Waals surface area contributed by atoms with Crippen molar-refractivity contribution in [1.82, 2.24) is 0 Å². The van der Waals surface area contributed by atoms with Crippen molar-refractivity contribution in [3.05, 3.63) is 47.7 Å². The maximum atomic E-state index is 12.2. The van der Waals surface area contributed by atoms with Gasteiger partial charge in [0.05, 0.1) is 6.26 Å². The van der Waals surface area contributed by atoms with Crippen molar-refractivity contribution in [2.24, 2.45) is 0 Å². The van der Waals surface area contributed by atoms with Gasteiger partial charge in [0, 0.05) is 10.9 Å². The zero-order chi connectivity index (χ0) is 12.3. The third kappa shape index (κ3) is 2.52. The van der Waals surface area contributed by atoms with Crippen molar-refractivity contribution >= 4 is 17.4 Å². The van der Waals surface area contributed by atoms with Crippen LogP contribution in [0.1, 0.15) is 30.7 Å². The first-order valence-corrected chi connectivity index (χ1v) is 6.16. The molecule has 1 unspecified atom stereocenters. The topological polar surface area (TPSA) is 26.3 Å². The average molecular weight is 251 g/mol. The first-order chi connectivity index (χ1) is 8.24. The summed E-state index contributed by atoms with van der Waals surface area (Å²) in [6, 6.07) is 7.52. The Morgan fingerprint density at radius 1 is 1.35 bits per heavy atom. The first kappa shape index (κ1) is 12.2. The van der Waals surface area contributed by atoms with E-state index in [1.165, 1.54) is 6.26 Å². The molecular weight excluding hydrogens is 236 g/mol. The Labute approximate surface area is 106 Å². The molecule has 1 aliphatic rings. The number of carbonyl (C=O) groups is 1. The van der Waals surface area contributed by atoms with Crippen LogP contribution in [0.3, 0.4) is 0 Å². The van der Waals surface area contributed by atoms with E-state index in [9.17, 15) is 4.79 Å². The molecule has 2 nitrogen and oxygen atoms in total. The summed E-state index contributed by atoms with van der Waals surface area (Å²) in [4.78, 5) is 12.2. The van der Waals surface area contributed by atoms with Gasteiger partial charge in [0.25, 0.3) is 0 Å². The summed E-state index contributed by atoms with van der Waals surface area (Å²) in [5, 5.41) is 0.658. The minimum atomic E-state index is -0.359. The number of hydrogen-bond acceptors (Lipinski definition) is 2. The third-order valence-corrected chi connectivity index (χ3v) is 3.51. The Kier molecular flexibility index (Phi) is 3.85. The summed E-state index contributed by atoms with van der Waals surface area (Å²) in [5.74, 6) is -0.0216. The lowest BCUT2D eigenvalue weighted by Gasteiger charge is -2.27. The molecule has 0 N–H and O–H groups in total. The van der Waals surface area contributed by atoms with Crippen LogP contribution >= 0.6 is 11.6 Å². The van der Waals surface area contributed by atoms with Gasteiger partial charge in [0.2, 0.25) is 0 Å². The fourth-order valence-electron chi connectivity index (χ4n) is 2.33. The Bertz CT molecular complexity index is 428. The zero-order valence-corrected chi connectivity index (χ0v) is 10.3. The quantitative estimate of drug-likeness (QED) is 0.765. The maximum Gasteiger partial charge on any atom is 0.180 e. The van der Waals surface area contributed by atoms with Crippen LogP contribution in [0, 0.1) is 0 Å². The zero-order valence-electron chi connectivity index (χ0n) is 9.56. The number of ether oxygens (including phenoxy) is 1. The fourth-order valence-corrected chi connectivity index (χ4v) is 2.60. The Hall–Kier alpha value is -1.28. The molecule has 1 fully saturated rings. The molecule has 1 aromatic carbocycles. The molecule has 0 amide bonds. The lowest BCUT2D eigenvalue weighted by molar-refractivity contribution is -0.131. The monoisotopic (exact) mass is 250 g/mol. The molecule has 17 heavy (non-hydrogen) atoms. The molecule has 0 radical (unpaired) electrons. The van der Waals surface area contributed by atoms with Crippen molar-refractivity contribution in [3.63, 3.8) is 0 Å². The van der Waals surface area contributed by atoms with Gasteiger partial charge in [0.1, 0.15) is 0 Å². The summed E-state index contributed by atoms with van der Waals surface area (Å²) in [6.07, 6.45) is 3.57. The highest BCUT2D eigenvalue weighted by molar-refractivity contribution is 6.31. The number of carbonyl (C=O) groups excluding carboxylic acids is 1. The van der Waals surface area contributed by atoms with Crippen molar-refractivity contribution in [1.29, 1.82) is 0 Å². The lowest BCUT2D eigenvalue weighted by atomic mass is 9.81. The number of halogens is 1. The van der Waals surface area contributed by atoms with Gasteiger partial charge in [-0.05, 0) is 30.9 Å². The van der Waals surface area contributed by atoms with E-state index in [1.807, 2.05) is 24.3 Å². The second-order valence-electron chi connectivity index (χ2n) is 4.20. The van der Waals surface area contributed by atoms with Gasteiger partial charge in [-0.15, -0.1) is 0 Å². The molecular formula is C14H15ClO2. The van der Waals surface area contributed by atoms with Crippen molar-refractivity contribution in [2.45, 2.75) is 31.3 Å². The SMILES string of the molecule is C=CO[C@H]1CCCC(c2ccccc2Cl)C1=O. The number of rotatable bonds is 3. The second kappa shape index (κ2) is 5.37. The lowest BCUT2D eigenvalue weighted by Crippen LogP contribution is -2.32. The standard InChI is InChI=1S/C14H15ClO2/c1-2-17-13-9-5-7-11(14(13)16)10-6-3-4-8-12(10)15/h2-4,6,8,11,13H,1,5,7,9H2/t11?,13-/m0/s1. The molecule has 2 rings (SSSR count). The van der Waals surface area contributed by atoms with E-state index in [2.05, 4.69) is 6.58 Å². The Morgan fingerprint density at radius 3 is 2.82 bits per heavy atom. The summed E-state index contributed by atoms with van der Waals surface area (Å²) in [6.45, 7) is 3.50. The molecule has 0 bridgehead atoms. The van der Waals surface area contributed by atoms with Crippen LogP contribution in [0.4, 0.5) is 0 Å². The maximum absolute atomic E-state index is 12.2. The van der Waals surface area contributed by atoms with Gasteiger partial charge in [-0.1, -0.05) is 36.4 Å². The highest BCUT2D eigenvalue weighted by atomic mass is 35.5.